The Kier molecular flexibility index (Phi) is 4.77. The maximum atomic E-state index is 10.5. The van der Waals surface area contributed by atoms with Gasteiger partial charge in [-0.05, 0) is 61.4 Å². The van der Waals surface area contributed by atoms with Crippen LogP contribution in [0.4, 0.5) is 0 Å². The largest absolute Gasteiger partial charge is 0.490 e. The van der Waals surface area contributed by atoms with Crippen LogP contribution in [0.25, 0.3) is 0 Å². The quantitative estimate of drug-likeness (QED) is 0.594. The van der Waals surface area contributed by atoms with Gasteiger partial charge in [0.1, 0.15) is 31.0 Å². The molecule has 0 aliphatic rings. The first-order valence-electron chi connectivity index (χ1n) is 6.57. The van der Waals surface area contributed by atoms with Gasteiger partial charge in [-0.3, -0.25) is 4.79 Å². The van der Waals surface area contributed by atoms with Crippen LogP contribution >= 0.6 is 0 Å². The Hall–Kier alpha value is -2.29. The summed E-state index contributed by atoms with van der Waals surface area (Å²) in [6.45, 7) is 5.09. The van der Waals surface area contributed by atoms with Gasteiger partial charge in [0.2, 0.25) is 0 Å². The number of hydrogen-bond acceptors (Lipinski definition) is 3. The molecule has 2 aromatic carbocycles. The maximum absolute atomic E-state index is 10.5. The summed E-state index contributed by atoms with van der Waals surface area (Å²) in [7, 11) is 0. The summed E-state index contributed by atoms with van der Waals surface area (Å²) in [6, 6.07) is 13.0. The number of rotatable bonds is 6. The second kappa shape index (κ2) is 6.75. The van der Waals surface area contributed by atoms with Gasteiger partial charge in [0.15, 0.2) is 0 Å². The van der Waals surface area contributed by atoms with Crippen molar-refractivity contribution in [2.45, 2.75) is 13.8 Å². The molecule has 0 radical (unpaired) electrons. The highest BCUT2D eigenvalue weighted by atomic mass is 16.5. The van der Waals surface area contributed by atoms with Crippen LogP contribution in [0.3, 0.4) is 0 Å². The van der Waals surface area contributed by atoms with E-state index in [2.05, 4.69) is 13.8 Å². The molecule has 0 saturated carbocycles. The predicted octanol–water partition coefficient (Wildman–Crippen LogP) is 3.57. The smallest absolute Gasteiger partial charge is 0.150 e. The highest BCUT2D eigenvalue weighted by molar-refractivity contribution is 5.74. The number of hydrogen-bond donors (Lipinski definition) is 0. The molecule has 0 aliphatic carbocycles. The molecule has 2 rings (SSSR count). The Bertz CT molecular complexity index is 573. The SMILES string of the molecule is Cc1ccc(OCCOc2ccc(C=O)cc2)cc1C. The van der Waals surface area contributed by atoms with Crippen LogP contribution in [-0.4, -0.2) is 19.5 Å². The number of aryl methyl sites for hydroxylation is 2. The molecule has 2 aromatic rings. The van der Waals surface area contributed by atoms with Gasteiger partial charge in [0.25, 0.3) is 0 Å². The second-order valence-electron chi connectivity index (χ2n) is 4.63. The van der Waals surface area contributed by atoms with Gasteiger partial charge in [0, 0.05) is 5.56 Å². The normalized spacial score (nSPS) is 10.1. The molecule has 3 nitrogen and oxygen atoms in total. The summed E-state index contributed by atoms with van der Waals surface area (Å²) in [6.07, 6.45) is 0.812. The average Bonchev–Trinajstić information content (AvgIpc) is 2.48. The second-order valence-corrected chi connectivity index (χ2v) is 4.63. The van der Waals surface area contributed by atoms with Crippen LogP contribution in [-0.2, 0) is 0 Å². The number of benzene rings is 2. The topological polar surface area (TPSA) is 35.5 Å². The molecule has 0 spiro atoms. The molecule has 0 aromatic heterocycles. The van der Waals surface area contributed by atoms with Crippen LogP contribution in [0.2, 0.25) is 0 Å². The highest BCUT2D eigenvalue weighted by Crippen LogP contribution is 2.16. The zero-order chi connectivity index (χ0) is 14.4. The van der Waals surface area contributed by atoms with Gasteiger partial charge >= 0.3 is 0 Å². The molecule has 0 heterocycles. The van der Waals surface area contributed by atoms with Crippen molar-refractivity contribution in [2.75, 3.05) is 13.2 Å². The lowest BCUT2D eigenvalue weighted by Crippen LogP contribution is -2.09. The molecular formula is C17H18O3. The zero-order valence-corrected chi connectivity index (χ0v) is 11.8. The average molecular weight is 270 g/mol. The number of carbonyl (C=O) groups excluding carboxylic acids is 1. The lowest BCUT2D eigenvalue weighted by Gasteiger charge is -2.09. The van der Waals surface area contributed by atoms with E-state index in [4.69, 9.17) is 9.47 Å². The molecule has 0 fully saturated rings. The van der Waals surface area contributed by atoms with Crippen molar-refractivity contribution < 1.29 is 14.3 Å². The molecule has 0 aliphatic heterocycles. The van der Waals surface area contributed by atoms with E-state index in [1.807, 2.05) is 18.2 Å². The Balaban J connectivity index is 1.78. The van der Waals surface area contributed by atoms with Crippen molar-refractivity contribution in [1.82, 2.24) is 0 Å². The Morgan fingerprint density at radius 2 is 1.45 bits per heavy atom. The molecule has 104 valence electrons. The standard InChI is InChI=1S/C17H18O3/c1-13-3-6-17(11-14(13)2)20-10-9-19-16-7-4-15(12-18)5-8-16/h3-8,11-12H,9-10H2,1-2H3. The molecular weight excluding hydrogens is 252 g/mol. The van der Waals surface area contributed by atoms with E-state index in [-0.39, 0.29) is 0 Å². The van der Waals surface area contributed by atoms with Gasteiger partial charge in [0.05, 0.1) is 0 Å². The van der Waals surface area contributed by atoms with Crippen molar-refractivity contribution in [3.05, 3.63) is 59.2 Å². The summed E-state index contributed by atoms with van der Waals surface area (Å²) < 4.78 is 11.2. The lowest BCUT2D eigenvalue weighted by atomic mass is 10.1. The Morgan fingerprint density at radius 1 is 0.850 bits per heavy atom. The minimum atomic E-state index is 0.466. The summed E-state index contributed by atoms with van der Waals surface area (Å²) >= 11 is 0. The first-order chi connectivity index (χ1) is 9.69. The van der Waals surface area contributed by atoms with Crippen LogP contribution < -0.4 is 9.47 Å². The van der Waals surface area contributed by atoms with Gasteiger partial charge in [-0.1, -0.05) is 6.07 Å². The summed E-state index contributed by atoms with van der Waals surface area (Å²) in [5.74, 6) is 1.59. The Morgan fingerprint density at radius 3 is 2.05 bits per heavy atom. The third kappa shape index (κ3) is 3.85. The van der Waals surface area contributed by atoms with Gasteiger partial charge in [-0.25, -0.2) is 0 Å². The van der Waals surface area contributed by atoms with E-state index < -0.39 is 0 Å². The van der Waals surface area contributed by atoms with Gasteiger partial charge in [-0.2, -0.15) is 0 Å². The van der Waals surface area contributed by atoms with Crippen LogP contribution in [0, 0.1) is 13.8 Å². The highest BCUT2D eigenvalue weighted by Gasteiger charge is 1.98. The Labute approximate surface area is 119 Å². The van der Waals surface area contributed by atoms with E-state index in [0.29, 0.717) is 18.8 Å². The molecule has 0 unspecified atom stereocenters. The predicted molar refractivity (Wildman–Crippen MR) is 78.7 cm³/mol. The van der Waals surface area contributed by atoms with E-state index in [0.717, 1.165) is 17.8 Å². The van der Waals surface area contributed by atoms with Crippen molar-refractivity contribution in [3.63, 3.8) is 0 Å². The minimum Gasteiger partial charge on any atom is -0.490 e. The van der Waals surface area contributed by atoms with Crippen molar-refractivity contribution in [3.8, 4) is 11.5 Å². The van der Waals surface area contributed by atoms with Crippen LogP contribution in [0.1, 0.15) is 21.5 Å². The van der Waals surface area contributed by atoms with Crippen molar-refractivity contribution in [2.24, 2.45) is 0 Å². The minimum absolute atomic E-state index is 0.466. The zero-order valence-electron chi connectivity index (χ0n) is 11.8. The van der Waals surface area contributed by atoms with Crippen LogP contribution in [0.15, 0.2) is 42.5 Å². The maximum Gasteiger partial charge on any atom is 0.150 e. The summed E-state index contributed by atoms with van der Waals surface area (Å²) in [5, 5.41) is 0. The number of aldehydes is 1. The number of ether oxygens (including phenoxy) is 2. The molecule has 20 heavy (non-hydrogen) atoms. The lowest BCUT2D eigenvalue weighted by molar-refractivity contribution is 0.112. The van der Waals surface area contributed by atoms with Gasteiger partial charge in [-0.15, -0.1) is 0 Å². The third-order valence-electron chi connectivity index (χ3n) is 3.12. The fourth-order valence-electron chi connectivity index (χ4n) is 1.77. The van der Waals surface area contributed by atoms with E-state index in [1.165, 1.54) is 11.1 Å². The molecule has 0 N–H and O–H groups in total. The van der Waals surface area contributed by atoms with Crippen molar-refractivity contribution >= 4 is 6.29 Å². The monoisotopic (exact) mass is 270 g/mol. The molecule has 0 amide bonds. The summed E-state index contributed by atoms with van der Waals surface area (Å²) in [5.41, 5.74) is 3.11. The molecule has 0 atom stereocenters. The molecule has 3 heteroatoms. The van der Waals surface area contributed by atoms with Crippen LogP contribution in [0.5, 0.6) is 11.5 Å². The fourth-order valence-corrected chi connectivity index (χ4v) is 1.77. The first kappa shape index (κ1) is 14.1. The van der Waals surface area contributed by atoms with E-state index in [9.17, 15) is 4.79 Å². The molecule has 0 saturated heterocycles. The number of carbonyl (C=O) groups is 1. The first-order valence-corrected chi connectivity index (χ1v) is 6.57. The van der Waals surface area contributed by atoms with Gasteiger partial charge < -0.3 is 9.47 Å². The van der Waals surface area contributed by atoms with E-state index >= 15 is 0 Å². The third-order valence-corrected chi connectivity index (χ3v) is 3.12. The van der Waals surface area contributed by atoms with E-state index in [1.54, 1.807) is 24.3 Å². The fraction of sp³-hybridized carbons (Fsp3) is 0.235. The van der Waals surface area contributed by atoms with Crippen molar-refractivity contribution in [1.29, 1.82) is 0 Å². The summed E-state index contributed by atoms with van der Waals surface area (Å²) in [4.78, 5) is 10.5. The molecule has 0 bridgehead atoms.